The number of carbonyl (C=O) groups is 1. The van der Waals surface area contributed by atoms with Crippen molar-refractivity contribution in [2.24, 2.45) is 0 Å². The number of aromatic nitrogens is 4. The number of hydrogen-bond donors (Lipinski definition) is 3. The maximum absolute atomic E-state index is 12.7. The molecule has 2 aromatic heterocycles. The minimum Gasteiger partial charge on any atom is -0.334 e. The Hall–Kier alpha value is -3.94. The highest BCUT2D eigenvalue weighted by atomic mass is 16.2. The molecule has 0 spiro atoms. The Labute approximate surface area is 185 Å². The van der Waals surface area contributed by atoms with Crippen molar-refractivity contribution in [1.29, 1.82) is 0 Å². The molecule has 0 saturated heterocycles. The number of nitrogens with zero attached hydrogens (tertiary/aromatic N) is 3. The molecule has 0 bridgehead atoms. The number of aromatic amines is 1. The van der Waals surface area contributed by atoms with Crippen molar-refractivity contribution in [1.82, 2.24) is 25.1 Å². The third kappa shape index (κ3) is 4.54. The molecule has 2 heterocycles. The maximum Gasteiger partial charge on any atom is 0.320 e. The van der Waals surface area contributed by atoms with E-state index in [4.69, 9.17) is 0 Å². The summed E-state index contributed by atoms with van der Waals surface area (Å²) < 4.78 is 1.45. The third-order valence-corrected chi connectivity index (χ3v) is 5.10. The van der Waals surface area contributed by atoms with E-state index in [-0.39, 0.29) is 23.0 Å². The van der Waals surface area contributed by atoms with Crippen LogP contribution < -0.4 is 16.2 Å². The molecule has 0 atom stereocenters. The zero-order valence-electron chi connectivity index (χ0n) is 18.6. The molecule has 2 aromatic carbocycles. The van der Waals surface area contributed by atoms with Crippen LogP contribution in [0.2, 0.25) is 0 Å². The number of fused-ring (bicyclic) bond motifs is 1. The maximum atomic E-state index is 12.7. The SMILES string of the molecule is Cc1cc(=O)[nH]c(-n2nc(C(C)(C)C)cc2NC(=O)NCc2cccc3ccccc23)n1. The van der Waals surface area contributed by atoms with Crippen LogP contribution in [0.25, 0.3) is 16.7 Å². The van der Waals surface area contributed by atoms with E-state index in [1.165, 1.54) is 10.7 Å². The summed E-state index contributed by atoms with van der Waals surface area (Å²) in [6.07, 6.45) is 0. The molecule has 2 amide bonds. The zero-order chi connectivity index (χ0) is 22.9. The lowest BCUT2D eigenvalue weighted by atomic mass is 9.92. The number of anilines is 1. The summed E-state index contributed by atoms with van der Waals surface area (Å²) in [7, 11) is 0. The van der Waals surface area contributed by atoms with E-state index in [0.29, 0.717) is 18.1 Å². The number of carbonyl (C=O) groups excluding carboxylic acids is 1. The molecular weight excluding hydrogens is 404 g/mol. The van der Waals surface area contributed by atoms with Crippen molar-refractivity contribution in [2.75, 3.05) is 5.32 Å². The first kappa shape index (κ1) is 21.3. The largest absolute Gasteiger partial charge is 0.334 e. The predicted octanol–water partition coefficient (Wildman–Crippen LogP) is 4.04. The minimum absolute atomic E-state index is 0.245. The fourth-order valence-corrected chi connectivity index (χ4v) is 3.44. The number of hydrogen-bond acceptors (Lipinski definition) is 4. The highest BCUT2D eigenvalue weighted by Crippen LogP contribution is 2.25. The average Bonchev–Trinajstić information content (AvgIpc) is 3.16. The summed E-state index contributed by atoms with van der Waals surface area (Å²) in [5, 5.41) is 12.6. The van der Waals surface area contributed by atoms with Crippen LogP contribution in [0.1, 0.15) is 37.7 Å². The summed E-state index contributed by atoms with van der Waals surface area (Å²) in [4.78, 5) is 31.7. The molecular formula is C24H26N6O2. The van der Waals surface area contributed by atoms with E-state index in [0.717, 1.165) is 22.0 Å². The van der Waals surface area contributed by atoms with Crippen molar-refractivity contribution in [3.05, 3.63) is 81.9 Å². The number of nitrogens with one attached hydrogen (secondary N) is 3. The predicted molar refractivity (Wildman–Crippen MR) is 125 cm³/mol. The Morgan fingerprint density at radius 3 is 2.59 bits per heavy atom. The van der Waals surface area contributed by atoms with Gasteiger partial charge < -0.3 is 5.32 Å². The third-order valence-electron chi connectivity index (χ3n) is 5.10. The molecule has 0 unspecified atom stereocenters. The summed E-state index contributed by atoms with van der Waals surface area (Å²) >= 11 is 0. The van der Waals surface area contributed by atoms with Crippen LogP contribution in [0.3, 0.4) is 0 Å². The van der Waals surface area contributed by atoms with E-state index in [1.54, 1.807) is 13.0 Å². The van der Waals surface area contributed by atoms with Gasteiger partial charge in [0, 0.05) is 29.8 Å². The van der Waals surface area contributed by atoms with Gasteiger partial charge in [-0.05, 0) is 23.3 Å². The van der Waals surface area contributed by atoms with E-state index in [2.05, 4.69) is 25.7 Å². The van der Waals surface area contributed by atoms with Gasteiger partial charge in [0.05, 0.1) is 5.69 Å². The van der Waals surface area contributed by atoms with E-state index in [9.17, 15) is 9.59 Å². The van der Waals surface area contributed by atoms with Gasteiger partial charge in [0.15, 0.2) is 0 Å². The molecule has 0 saturated carbocycles. The Morgan fingerprint density at radius 1 is 1.09 bits per heavy atom. The lowest BCUT2D eigenvalue weighted by Crippen LogP contribution is -2.29. The summed E-state index contributed by atoms with van der Waals surface area (Å²) in [6.45, 7) is 8.17. The molecule has 0 fully saturated rings. The molecule has 0 radical (unpaired) electrons. The van der Waals surface area contributed by atoms with Gasteiger partial charge >= 0.3 is 6.03 Å². The van der Waals surface area contributed by atoms with Crippen molar-refractivity contribution < 1.29 is 4.79 Å². The number of amides is 2. The molecule has 8 heteroatoms. The Kier molecular flexibility index (Phi) is 5.52. The Bertz CT molecular complexity index is 1340. The minimum atomic E-state index is -0.380. The lowest BCUT2D eigenvalue weighted by molar-refractivity contribution is 0.251. The second kappa shape index (κ2) is 8.30. The molecule has 8 nitrogen and oxygen atoms in total. The first-order chi connectivity index (χ1) is 15.2. The van der Waals surface area contributed by atoms with Crippen molar-refractivity contribution >= 4 is 22.6 Å². The van der Waals surface area contributed by atoms with E-state index >= 15 is 0 Å². The average molecular weight is 431 g/mol. The van der Waals surface area contributed by atoms with Gasteiger partial charge in [-0.15, -0.1) is 0 Å². The van der Waals surface area contributed by atoms with Crippen LogP contribution in [0.5, 0.6) is 0 Å². The quantitative estimate of drug-likeness (QED) is 0.454. The van der Waals surface area contributed by atoms with Crippen LogP contribution in [0.4, 0.5) is 10.6 Å². The zero-order valence-corrected chi connectivity index (χ0v) is 18.6. The summed E-state index contributed by atoms with van der Waals surface area (Å²) in [5.74, 6) is 0.661. The monoisotopic (exact) mass is 430 g/mol. The first-order valence-corrected chi connectivity index (χ1v) is 10.4. The van der Waals surface area contributed by atoms with Crippen molar-refractivity contribution in [3.8, 4) is 5.95 Å². The first-order valence-electron chi connectivity index (χ1n) is 10.4. The van der Waals surface area contributed by atoms with Crippen molar-refractivity contribution in [3.63, 3.8) is 0 Å². The van der Waals surface area contributed by atoms with Crippen LogP contribution in [-0.2, 0) is 12.0 Å². The van der Waals surface area contributed by atoms with Crippen LogP contribution >= 0.6 is 0 Å². The van der Waals surface area contributed by atoms with Crippen LogP contribution in [-0.4, -0.2) is 25.8 Å². The molecule has 4 aromatic rings. The second-order valence-electron chi connectivity index (χ2n) is 8.73. The number of rotatable bonds is 4. The number of urea groups is 1. The number of aryl methyl sites for hydroxylation is 1. The van der Waals surface area contributed by atoms with Gasteiger partial charge in [-0.3, -0.25) is 15.1 Å². The summed E-state index contributed by atoms with van der Waals surface area (Å²) in [6, 6.07) is 16.9. The summed E-state index contributed by atoms with van der Waals surface area (Å²) in [5.41, 5.74) is 1.79. The number of H-pyrrole nitrogens is 1. The standard InChI is InChI=1S/C24H26N6O2/c1-15-12-21(31)28-22(26-15)30-20(13-19(29-30)24(2,3)4)27-23(32)25-14-17-10-7-9-16-8-5-6-11-18(16)17/h5-13H,14H2,1-4H3,(H2,25,27,32)(H,26,28,31). The van der Waals surface area contributed by atoms with Crippen LogP contribution in [0, 0.1) is 6.92 Å². The van der Waals surface area contributed by atoms with Gasteiger partial charge in [-0.25, -0.2) is 9.78 Å². The Balaban J connectivity index is 1.59. The highest BCUT2D eigenvalue weighted by Gasteiger charge is 2.22. The van der Waals surface area contributed by atoms with Crippen LogP contribution in [0.15, 0.2) is 59.4 Å². The van der Waals surface area contributed by atoms with Crippen molar-refractivity contribution in [2.45, 2.75) is 39.7 Å². The normalized spacial score (nSPS) is 11.5. The van der Waals surface area contributed by atoms with E-state index < -0.39 is 0 Å². The molecule has 164 valence electrons. The molecule has 32 heavy (non-hydrogen) atoms. The molecule has 4 rings (SSSR count). The van der Waals surface area contributed by atoms with E-state index in [1.807, 2.05) is 63.2 Å². The van der Waals surface area contributed by atoms with Gasteiger partial charge in [0.1, 0.15) is 5.82 Å². The van der Waals surface area contributed by atoms with Gasteiger partial charge in [-0.1, -0.05) is 63.2 Å². The van der Waals surface area contributed by atoms with Gasteiger partial charge in [0.2, 0.25) is 5.95 Å². The topological polar surface area (TPSA) is 105 Å². The fraction of sp³-hybridized carbons (Fsp3) is 0.250. The highest BCUT2D eigenvalue weighted by molar-refractivity contribution is 5.90. The molecule has 0 aliphatic heterocycles. The molecule has 3 N–H and O–H groups in total. The van der Waals surface area contributed by atoms with Gasteiger partial charge in [-0.2, -0.15) is 9.78 Å². The number of benzene rings is 2. The fourth-order valence-electron chi connectivity index (χ4n) is 3.44. The molecule has 0 aliphatic rings. The lowest BCUT2D eigenvalue weighted by Gasteiger charge is -2.13. The Morgan fingerprint density at radius 2 is 1.84 bits per heavy atom. The molecule has 0 aliphatic carbocycles. The second-order valence-corrected chi connectivity index (χ2v) is 8.73. The van der Waals surface area contributed by atoms with Gasteiger partial charge in [0.25, 0.3) is 5.56 Å². The smallest absolute Gasteiger partial charge is 0.320 e.